The summed E-state index contributed by atoms with van der Waals surface area (Å²) >= 11 is 0. The van der Waals surface area contributed by atoms with Gasteiger partial charge >= 0.3 is 6.09 Å². The van der Waals surface area contributed by atoms with Crippen molar-refractivity contribution in [2.75, 3.05) is 6.54 Å². The van der Waals surface area contributed by atoms with Gasteiger partial charge in [-0.05, 0) is 31.6 Å². The highest BCUT2D eigenvalue weighted by Gasteiger charge is 2.45. The highest BCUT2D eigenvalue weighted by Crippen LogP contribution is 2.50. The van der Waals surface area contributed by atoms with Crippen molar-refractivity contribution in [2.45, 2.75) is 40.2 Å². The molecule has 0 aliphatic heterocycles. The molecule has 0 aromatic rings. The summed E-state index contributed by atoms with van der Waals surface area (Å²) < 4.78 is 4.95. The number of carbonyl (C=O) groups excluding carboxylic acids is 1. The molecule has 1 fully saturated rings. The summed E-state index contributed by atoms with van der Waals surface area (Å²) in [6.45, 7) is 8.88. The molecule has 76 valence electrons. The van der Waals surface area contributed by atoms with Crippen molar-refractivity contribution in [2.24, 2.45) is 11.3 Å². The van der Waals surface area contributed by atoms with Crippen molar-refractivity contribution in [3.63, 3.8) is 0 Å². The van der Waals surface area contributed by atoms with Crippen molar-refractivity contribution in [3.8, 4) is 0 Å². The minimum absolute atomic E-state index is 0.0350. The van der Waals surface area contributed by atoms with Crippen LogP contribution in [0.1, 0.15) is 34.1 Å². The molecule has 0 radical (unpaired) electrons. The van der Waals surface area contributed by atoms with Crippen LogP contribution in [0.15, 0.2) is 0 Å². The van der Waals surface area contributed by atoms with Gasteiger partial charge in [-0.2, -0.15) is 0 Å². The zero-order valence-electron chi connectivity index (χ0n) is 8.89. The van der Waals surface area contributed by atoms with Crippen LogP contribution in [0.3, 0.4) is 0 Å². The van der Waals surface area contributed by atoms with Crippen LogP contribution in [-0.4, -0.2) is 18.7 Å². The average Bonchev–Trinajstić information content (AvgIpc) is 2.53. The van der Waals surface area contributed by atoms with Gasteiger partial charge in [-0.25, -0.2) is 4.79 Å². The van der Waals surface area contributed by atoms with E-state index in [1.54, 1.807) is 0 Å². The van der Waals surface area contributed by atoms with E-state index in [-0.39, 0.29) is 12.2 Å². The van der Waals surface area contributed by atoms with Gasteiger partial charge in [-0.1, -0.05) is 13.8 Å². The Labute approximate surface area is 79.8 Å². The second kappa shape index (κ2) is 3.56. The summed E-state index contributed by atoms with van der Waals surface area (Å²) in [7, 11) is 0. The van der Waals surface area contributed by atoms with Gasteiger partial charge in [0.05, 0.1) is 6.10 Å². The third-order valence-corrected chi connectivity index (χ3v) is 2.55. The SMILES string of the molecule is CC(C)OC(=O)NCC1CC1(C)C. The van der Waals surface area contributed by atoms with E-state index in [1.807, 2.05) is 13.8 Å². The van der Waals surface area contributed by atoms with E-state index in [4.69, 9.17) is 4.74 Å². The summed E-state index contributed by atoms with van der Waals surface area (Å²) in [5.74, 6) is 0.632. The van der Waals surface area contributed by atoms with Crippen LogP contribution in [0, 0.1) is 11.3 Å². The van der Waals surface area contributed by atoms with Gasteiger partial charge in [0.1, 0.15) is 0 Å². The predicted molar refractivity (Wildman–Crippen MR) is 51.5 cm³/mol. The molecule has 0 aromatic carbocycles. The van der Waals surface area contributed by atoms with Gasteiger partial charge < -0.3 is 10.1 Å². The summed E-state index contributed by atoms with van der Waals surface area (Å²) in [4.78, 5) is 11.1. The van der Waals surface area contributed by atoms with Crippen LogP contribution >= 0.6 is 0 Å². The van der Waals surface area contributed by atoms with Crippen LogP contribution in [0.5, 0.6) is 0 Å². The summed E-state index contributed by atoms with van der Waals surface area (Å²) in [6.07, 6.45) is 0.875. The second-order valence-corrected chi connectivity index (χ2v) is 4.72. The molecule has 0 aromatic heterocycles. The van der Waals surface area contributed by atoms with E-state index in [1.165, 1.54) is 6.42 Å². The Morgan fingerprint density at radius 1 is 1.62 bits per heavy atom. The largest absolute Gasteiger partial charge is 0.447 e. The highest BCUT2D eigenvalue weighted by atomic mass is 16.6. The zero-order chi connectivity index (χ0) is 10.1. The van der Waals surface area contributed by atoms with Crippen molar-refractivity contribution < 1.29 is 9.53 Å². The Morgan fingerprint density at radius 2 is 2.15 bits per heavy atom. The van der Waals surface area contributed by atoms with Gasteiger partial charge in [-0.3, -0.25) is 0 Å². The van der Waals surface area contributed by atoms with Crippen LogP contribution < -0.4 is 5.32 Å². The Morgan fingerprint density at radius 3 is 2.54 bits per heavy atom. The number of hydrogen-bond acceptors (Lipinski definition) is 2. The van der Waals surface area contributed by atoms with E-state index < -0.39 is 0 Å². The topological polar surface area (TPSA) is 38.3 Å². The molecule has 1 N–H and O–H groups in total. The number of hydrogen-bond donors (Lipinski definition) is 1. The lowest BCUT2D eigenvalue weighted by Crippen LogP contribution is -2.29. The lowest BCUT2D eigenvalue weighted by molar-refractivity contribution is 0.115. The van der Waals surface area contributed by atoms with Gasteiger partial charge in [0.25, 0.3) is 0 Å². The van der Waals surface area contributed by atoms with E-state index in [0.717, 1.165) is 6.54 Å². The molecule has 1 aliphatic carbocycles. The standard InChI is InChI=1S/C10H19NO2/c1-7(2)13-9(12)11-6-8-5-10(8,3)4/h7-8H,5-6H2,1-4H3,(H,11,12). The van der Waals surface area contributed by atoms with Gasteiger partial charge in [-0.15, -0.1) is 0 Å². The zero-order valence-corrected chi connectivity index (χ0v) is 8.89. The predicted octanol–water partition coefficient (Wildman–Crippen LogP) is 2.17. The van der Waals surface area contributed by atoms with Crippen molar-refractivity contribution in [3.05, 3.63) is 0 Å². The smallest absolute Gasteiger partial charge is 0.407 e. The maximum Gasteiger partial charge on any atom is 0.407 e. The fourth-order valence-corrected chi connectivity index (χ4v) is 1.39. The molecule has 1 amide bonds. The number of rotatable bonds is 3. The highest BCUT2D eigenvalue weighted by molar-refractivity contribution is 5.67. The van der Waals surface area contributed by atoms with Crippen LogP contribution in [0.4, 0.5) is 4.79 Å². The third kappa shape index (κ3) is 3.25. The molecule has 1 saturated carbocycles. The number of amides is 1. The molecule has 3 heteroatoms. The summed E-state index contributed by atoms with van der Waals surface area (Å²) in [5, 5.41) is 2.77. The van der Waals surface area contributed by atoms with E-state index in [2.05, 4.69) is 19.2 Å². The normalized spacial score (nSPS) is 24.2. The number of ether oxygens (including phenoxy) is 1. The summed E-state index contributed by atoms with van der Waals surface area (Å²) in [6, 6.07) is 0. The molecule has 1 rings (SSSR count). The molecule has 3 nitrogen and oxygen atoms in total. The molecule has 1 atom stereocenters. The van der Waals surface area contributed by atoms with Crippen molar-refractivity contribution >= 4 is 6.09 Å². The second-order valence-electron chi connectivity index (χ2n) is 4.72. The minimum atomic E-state index is -0.294. The fraction of sp³-hybridized carbons (Fsp3) is 0.900. The molecule has 0 spiro atoms. The Bertz CT molecular complexity index is 199. The van der Waals surface area contributed by atoms with Gasteiger partial charge in [0, 0.05) is 6.54 Å². The molecule has 13 heavy (non-hydrogen) atoms. The lowest BCUT2D eigenvalue weighted by Gasteiger charge is -2.09. The first-order valence-corrected chi connectivity index (χ1v) is 4.86. The van der Waals surface area contributed by atoms with Crippen molar-refractivity contribution in [1.29, 1.82) is 0 Å². The maximum absolute atomic E-state index is 11.1. The minimum Gasteiger partial charge on any atom is -0.447 e. The molecule has 0 bridgehead atoms. The van der Waals surface area contributed by atoms with E-state index >= 15 is 0 Å². The average molecular weight is 185 g/mol. The van der Waals surface area contributed by atoms with Crippen LogP contribution in [0.25, 0.3) is 0 Å². The molecule has 1 aliphatic rings. The molecule has 0 heterocycles. The monoisotopic (exact) mass is 185 g/mol. The van der Waals surface area contributed by atoms with Gasteiger partial charge in [0.2, 0.25) is 0 Å². The molecule has 1 unspecified atom stereocenters. The first kappa shape index (κ1) is 10.4. The van der Waals surface area contributed by atoms with E-state index in [9.17, 15) is 4.79 Å². The molecule has 0 saturated heterocycles. The number of carbonyl (C=O) groups is 1. The quantitative estimate of drug-likeness (QED) is 0.731. The molecular weight excluding hydrogens is 166 g/mol. The number of alkyl carbamates (subject to hydrolysis) is 1. The Kier molecular flexibility index (Phi) is 2.84. The van der Waals surface area contributed by atoms with Gasteiger partial charge in [0.15, 0.2) is 0 Å². The van der Waals surface area contributed by atoms with Crippen LogP contribution in [0.2, 0.25) is 0 Å². The first-order valence-electron chi connectivity index (χ1n) is 4.86. The van der Waals surface area contributed by atoms with Crippen LogP contribution in [-0.2, 0) is 4.74 Å². The fourth-order valence-electron chi connectivity index (χ4n) is 1.39. The summed E-state index contributed by atoms with van der Waals surface area (Å²) in [5.41, 5.74) is 0.422. The first-order chi connectivity index (χ1) is 5.92. The number of nitrogens with one attached hydrogen (secondary N) is 1. The Hall–Kier alpha value is -0.730. The maximum atomic E-state index is 11.1. The van der Waals surface area contributed by atoms with Crippen molar-refractivity contribution in [1.82, 2.24) is 5.32 Å². The van der Waals surface area contributed by atoms with E-state index in [0.29, 0.717) is 11.3 Å². The third-order valence-electron chi connectivity index (χ3n) is 2.55. The molecular formula is C10H19NO2. The lowest BCUT2D eigenvalue weighted by atomic mass is 10.1. The Balaban J connectivity index is 2.10.